The van der Waals surface area contributed by atoms with Gasteiger partial charge < -0.3 is 15.1 Å². The molecule has 194 valence electrons. The van der Waals surface area contributed by atoms with E-state index < -0.39 is 0 Å². The van der Waals surface area contributed by atoms with Gasteiger partial charge in [-0.1, -0.05) is 37.1 Å². The molecule has 1 aliphatic carbocycles. The highest BCUT2D eigenvalue weighted by Gasteiger charge is 2.50. The van der Waals surface area contributed by atoms with Crippen LogP contribution in [0.3, 0.4) is 0 Å². The second kappa shape index (κ2) is 10.7. The zero-order valence-electron chi connectivity index (χ0n) is 22.3. The lowest BCUT2D eigenvalue weighted by Crippen LogP contribution is -2.59. The first kappa shape index (κ1) is 24.8. The number of likely N-dealkylation sites (tertiary alicyclic amines) is 1. The minimum atomic E-state index is 0.224. The van der Waals surface area contributed by atoms with Crippen molar-refractivity contribution in [2.75, 3.05) is 58.3 Å². The maximum Gasteiger partial charge on any atom is 0.0495 e. The third-order valence-corrected chi connectivity index (χ3v) is 10.3. The van der Waals surface area contributed by atoms with E-state index in [0.717, 1.165) is 24.3 Å². The summed E-state index contributed by atoms with van der Waals surface area (Å²) in [6, 6.07) is 18.5. The quantitative estimate of drug-likeness (QED) is 0.492. The average Bonchev–Trinajstić information content (AvgIpc) is 3.42. The first-order chi connectivity index (χ1) is 17.6. The van der Waals surface area contributed by atoms with E-state index in [2.05, 4.69) is 82.0 Å². The number of nitrogens with zero attached hydrogens (tertiary/aromatic N) is 3. The van der Waals surface area contributed by atoms with E-state index in [1.54, 1.807) is 23.1 Å². The molecule has 4 nitrogen and oxygen atoms in total. The molecule has 3 heterocycles. The normalized spacial score (nSPS) is 26.4. The molecule has 1 unspecified atom stereocenters. The Bertz CT molecular complexity index is 1000. The molecule has 0 spiro atoms. The van der Waals surface area contributed by atoms with Gasteiger partial charge in [0.25, 0.3) is 0 Å². The first-order valence-corrected chi connectivity index (χ1v) is 15.2. The van der Waals surface area contributed by atoms with Gasteiger partial charge in [-0.15, -0.1) is 0 Å². The Morgan fingerprint density at radius 3 is 2.33 bits per heavy atom. The van der Waals surface area contributed by atoms with Gasteiger partial charge in [0.05, 0.1) is 0 Å². The van der Waals surface area contributed by atoms with Gasteiger partial charge in [0.15, 0.2) is 0 Å². The van der Waals surface area contributed by atoms with Gasteiger partial charge in [0.2, 0.25) is 0 Å². The molecule has 4 aliphatic rings. The van der Waals surface area contributed by atoms with Crippen molar-refractivity contribution < 1.29 is 0 Å². The average molecular weight is 505 g/mol. The van der Waals surface area contributed by atoms with Crippen LogP contribution < -0.4 is 10.2 Å². The van der Waals surface area contributed by atoms with E-state index in [4.69, 9.17) is 0 Å². The molecule has 2 aromatic rings. The molecule has 1 N–H and O–H groups in total. The molecule has 1 saturated carbocycles. The fourth-order valence-electron chi connectivity index (χ4n) is 7.84. The predicted octanol–water partition coefficient (Wildman–Crippen LogP) is 5.63. The van der Waals surface area contributed by atoms with Crippen molar-refractivity contribution in [3.63, 3.8) is 0 Å². The number of anilines is 1. The lowest BCUT2D eigenvalue weighted by molar-refractivity contribution is 0.0492. The third kappa shape index (κ3) is 4.84. The summed E-state index contributed by atoms with van der Waals surface area (Å²) in [6.07, 6.45) is 9.55. The largest absolute Gasteiger partial charge is 0.371 e. The highest BCUT2D eigenvalue weighted by Crippen LogP contribution is 2.50. The third-order valence-electron chi connectivity index (χ3n) is 9.47. The maximum atomic E-state index is 4.19. The van der Waals surface area contributed by atoms with Crippen LogP contribution in [-0.4, -0.2) is 62.6 Å². The van der Waals surface area contributed by atoms with Crippen molar-refractivity contribution in [3.05, 3.63) is 59.7 Å². The summed E-state index contributed by atoms with van der Waals surface area (Å²) in [5.41, 5.74) is 4.88. The van der Waals surface area contributed by atoms with Gasteiger partial charge in [-0.25, -0.2) is 0 Å². The Morgan fingerprint density at radius 2 is 1.61 bits per heavy atom. The number of nitrogens with one attached hydrogen (secondary N) is 1. The molecular formula is C31H44N4S. The summed E-state index contributed by atoms with van der Waals surface area (Å²) in [5, 5.41) is 4.19. The summed E-state index contributed by atoms with van der Waals surface area (Å²) in [6.45, 7) is 7.40. The Morgan fingerprint density at radius 1 is 0.917 bits per heavy atom. The zero-order valence-corrected chi connectivity index (χ0v) is 23.1. The van der Waals surface area contributed by atoms with Crippen molar-refractivity contribution in [2.24, 2.45) is 17.8 Å². The number of fused-ring (bicyclic) bond motifs is 1. The fourth-order valence-corrected chi connectivity index (χ4v) is 8.52. The van der Waals surface area contributed by atoms with Gasteiger partial charge in [-0.2, -0.15) is 0 Å². The monoisotopic (exact) mass is 504 g/mol. The van der Waals surface area contributed by atoms with Crippen LogP contribution >= 0.6 is 11.9 Å². The predicted molar refractivity (Wildman–Crippen MR) is 153 cm³/mol. The topological polar surface area (TPSA) is 21.8 Å². The molecule has 5 heteroatoms. The van der Waals surface area contributed by atoms with Crippen molar-refractivity contribution in [1.29, 1.82) is 0 Å². The fraction of sp³-hybridized carbons (Fsp3) is 0.613. The Hall–Kier alpha value is -1.53. The molecule has 6 rings (SSSR count). The van der Waals surface area contributed by atoms with Crippen molar-refractivity contribution >= 4 is 17.6 Å². The Kier molecular flexibility index (Phi) is 7.36. The smallest absolute Gasteiger partial charge is 0.0495 e. The Labute approximate surface area is 222 Å². The van der Waals surface area contributed by atoms with Gasteiger partial charge in [-0.05, 0) is 118 Å². The molecule has 3 fully saturated rings. The molecule has 3 aliphatic heterocycles. The summed E-state index contributed by atoms with van der Waals surface area (Å²) in [7, 11) is 4.20. The van der Waals surface area contributed by atoms with Crippen LogP contribution in [0.5, 0.6) is 0 Å². The number of hydrogen-bond acceptors (Lipinski definition) is 5. The van der Waals surface area contributed by atoms with Gasteiger partial charge in [0.1, 0.15) is 0 Å². The second-order valence-corrected chi connectivity index (χ2v) is 13.3. The van der Waals surface area contributed by atoms with Gasteiger partial charge in [-0.3, -0.25) is 4.31 Å². The highest BCUT2D eigenvalue weighted by atomic mass is 32.2. The molecule has 36 heavy (non-hydrogen) atoms. The van der Waals surface area contributed by atoms with Crippen LogP contribution in [0.2, 0.25) is 0 Å². The molecule has 2 saturated heterocycles. The van der Waals surface area contributed by atoms with E-state index in [1.807, 2.05) is 0 Å². The summed E-state index contributed by atoms with van der Waals surface area (Å²) >= 11 is 1.79. The minimum Gasteiger partial charge on any atom is -0.371 e. The number of hydrogen-bond donors (Lipinski definition) is 1. The van der Waals surface area contributed by atoms with E-state index >= 15 is 0 Å². The lowest BCUT2D eigenvalue weighted by atomic mass is 9.63. The number of piperidine rings is 1. The molecular weight excluding hydrogens is 460 g/mol. The van der Waals surface area contributed by atoms with Crippen molar-refractivity contribution in [3.8, 4) is 0 Å². The van der Waals surface area contributed by atoms with E-state index in [9.17, 15) is 0 Å². The molecule has 0 amide bonds. The van der Waals surface area contributed by atoms with Crippen LogP contribution in [0.15, 0.2) is 53.4 Å². The standard InChI is InChI=1S/C31H44N4S/c1-33(2)36-29-13-11-28(12-14-29)35-22-24(23-35)21-34-19-16-27(17-20-34)31(26-8-4-5-9-26)30-10-6-3-7-25(30)15-18-32-31/h3,6-7,10-14,24,26-27,32H,4-5,8-9,15-23H2,1-2H3. The van der Waals surface area contributed by atoms with Crippen molar-refractivity contribution in [1.82, 2.24) is 14.5 Å². The van der Waals surface area contributed by atoms with E-state index in [1.165, 1.54) is 88.3 Å². The van der Waals surface area contributed by atoms with Crippen LogP contribution in [0.25, 0.3) is 0 Å². The zero-order chi connectivity index (χ0) is 24.5. The first-order valence-electron chi connectivity index (χ1n) is 14.4. The van der Waals surface area contributed by atoms with Crippen LogP contribution in [0.4, 0.5) is 5.69 Å². The Balaban J connectivity index is 1.05. The van der Waals surface area contributed by atoms with E-state index in [-0.39, 0.29) is 5.54 Å². The summed E-state index contributed by atoms with van der Waals surface area (Å²) in [5.74, 6) is 2.41. The lowest BCUT2D eigenvalue weighted by Gasteiger charge is -2.53. The molecule has 0 bridgehead atoms. The van der Waals surface area contributed by atoms with E-state index in [0.29, 0.717) is 0 Å². The highest BCUT2D eigenvalue weighted by molar-refractivity contribution is 7.97. The molecule has 2 aromatic carbocycles. The number of rotatable bonds is 7. The molecule has 1 atom stereocenters. The van der Waals surface area contributed by atoms with Crippen molar-refractivity contribution in [2.45, 2.75) is 55.4 Å². The van der Waals surface area contributed by atoms with Crippen LogP contribution in [0, 0.1) is 17.8 Å². The second-order valence-electron chi connectivity index (χ2n) is 11.9. The molecule has 0 radical (unpaired) electrons. The van der Waals surface area contributed by atoms with Crippen LogP contribution in [-0.2, 0) is 12.0 Å². The minimum absolute atomic E-state index is 0.224. The SMILES string of the molecule is CN(C)Sc1ccc(N2CC(CN3CCC(C4(C5CCCC5)NCCc5ccccc54)CC3)C2)cc1. The summed E-state index contributed by atoms with van der Waals surface area (Å²) < 4.78 is 2.15. The maximum absolute atomic E-state index is 4.19. The molecule has 0 aromatic heterocycles. The van der Waals surface area contributed by atoms with Crippen LogP contribution in [0.1, 0.15) is 49.7 Å². The van der Waals surface area contributed by atoms with Gasteiger partial charge in [0, 0.05) is 48.2 Å². The summed E-state index contributed by atoms with van der Waals surface area (Å²) in [4.78, 5) is 6.65. The number of benzene rings is 2. The van der Waals surface area contributed by atoms with Gasteiger partial charge >= 0.3 is 0 Å².